The van der Waals surface area contributed by atoms with Gasteiger partial charge in [0.2, 0.25) is 5.95 Å². The van der Waals surface area contributed by atoms with Crippen molar-refractivity contribution in [2.45, 2.75) is 19.9 Å². The number of phenols is 1. The van der Waals surface area contributed by atoms with E-state index in [0.717, 1.165) is 22.0 Å². The van der Waals surface area contributed by atoms with Crippen LogP contribution in [0.25, 0.3) is 22.0 Å². The molecule has 0 fully saturated rings. The van der Waals surface area contributed by atoms with Gasteiger partial charge in [-0.05, 0) is 37.6 Å². The first-order chi connectivity index (χ1) is 11.1. The second kappa shape index (κ2) is 6.12. The minimum Gasteiger partial charge on any atom is -0.508 e. The Balaban J connectivity index is 2.13. The number of aromatic hydroxyl groups is 1. The molecule has 1 aromatic heterocycles. The Morgan fingerprint density at radius 3 is 2.70 bits per heavy atom. The fraction of sp³-hybridized carbons (Fsp3) is 0.222. The Labute approximate surface area is 135 Å². The van der Waals surface area contributed by atoms with Crippen molar-refractivity contribution >= 4 is 16.9 Å². The lowest BCUT2D eigenvalue weighted by atomic mass is 10.0. The van der Waals surface area contributed by atoms with Crippen LogP contribution in [0.3, 0.4) is 0 Å². The number of methoxy groups -OCH3 is 1. The summed E-state index contributed by atoms with van der Waals surface area (Å²) in [5.74, 6) is 1.52. The van der Waals surface area contributed by atoms with Gasteiger partial charge in [0.25, 0.3) is 0 Å². The zero-order valence-electron chi connectivity index (χ0n) is 13.4. The predicted molar refractivity (Wildman–Crippen MR) is 91.9 cm³/mol. The highest BCUT2D eigenvalue weighted by atomic mass is 16.5. The standard InChI is InChI=1S/C18H19N3O2/c1-11(2)20-18-19-10-13-8-15(12-5-4-6-14(22)7-12)17(23-3)9-16(13)21-18/h4-11,22H,1-3H3,(H,19,20,21). The Kier molecular flexibility index (Phi) is 4.02. The Morgan fingerprint density at radius 1 is 1.17 bits per heavy atom. The number of anilines is 1. The van der Waals surface area contributed by atoms with E-state index in [1.165, 1.54) is 0 Å². The van der Waals surface area contributed by atoms with Gasteiger partial charge < -0.3 is 15.2 Å². The lowest BCUT2D eigenvalue weighted by Crippen LogP contribution is -2.12. The van der Waals surface area contributed by atoms with Crippen LogP contribution < -0.4 is 10.1 Å². The number of rotatable bonds is 4. The number of phenolic OH excluding ortho intramolecular Hbond substituents is 1. The molecule has 1 heterocycles. The van der Waals surface area contributed by atoms with Crippen molar-refractivity contribution in [3.8, 4) is 22.6 Å². The minimum absolute atomic E-state index is 0.220. The first kappa shape index (κ1) is 15.1. The van der Waals surface area contributed by atoms with Gasteiger partial charge in [0, 0.05) is 29.3 Å². The molecule has 3 rings (SSSR count). The maximum atomic E-state index is 9.70. The van der Waals surface area contributed by atoms with Crippen LogP contribution in [0.2, 0.25) is 0 Å². The number of nitrogens with zero attached hydrogens (tertiary/aromatic N) is 2. The summed E-state index contributed by atoms with van der Waals surface area (Å²) in [5, 5.41) is 13.8. The highest BCUT2D eigenvalue weighted by Crippen LogP contribution is 2.34. The monoisotopic (exact) mass is 309 g/mol. The van der Waals surface area contributed by atoms with Gasteiger partial charge in [0.1, 0.15) is 11.5 Å². The van der Waals surface area contributed by atoms with E-state index in [2.05, 4.69) is 15.3 Å². The molecule has 5 heteroatoms. The molecule has 2 aromatic carbocycles. The largest absolute Gasteiger partial charge is 0.508 e. The van der Waals surface area contributed by atoms with Gasteiger partial charge in [-0.3, -0.25) is 0 Å². The van der Waals surface area contributed by atoms with Crippen molar-refractivity contribution in [1.29, 1.82) is 0 Å². The summed E-state index contributed by atoms with van der Waals surface area (Å²) in [5.41, 5.74) is 2.58. The highest BCUT2D eigenvalue weighted by molar-refractivity contribution is 5.88. The van der Waals surface area contributed by atoms with Crippen LogP contribution >= 0.6 is 0 Å². The predicted octanol–water partition coefficient (Wildman–Crippen LogP) is 3.83. The third-order valence-corrected chi connectivity index (χ3v) is 3.48. The minimum atomic E-state index is 0.220. The number of ether oxygens (including phenoxy) is 1. The molecule has 0 amide bonds. The number of aromatic nitrogens is 2. The molecular formula is C18H19N3O2. The summed E-state index contributed by atoms with van der Waals surface area (Å²) in [6.45, 7) is 4.08. The van der Waals surface area contributed by atoms with Crippen molar-refractivity contribution in [2.24, 2.45) is 0 Å². The van der Waals surface area contributed by atoms with Gasteiger partial charge in [0.15, 0.2) is 0 Å². The van der Waals surface area contributed by atoms with Gasteiger partial charge in [-0.2, -0.15) is 0 Å². The van der Waals surface area contributed by atoms with E-state index in [9.17, 15) is 5.11 Å². The highest BCUT2D eigenvalue weighted by Gasteiger charge is 2.11. The zero-order valence-corrected chi connectivity index (χ0v) is 13.4. The van der Waals surface area contributed by atoms with Gasteiger partial charge in [-0.15, -0.1) is 0 Å². The summed E-state index contributed by atoms with van der Waals surface area (Å²) in [7, 11) is 1.63. The molecular weight excluding hydrogens is 290 g/mol. The van der Waals surface area contributed by atoms with E-state index < -0.39 is 0 Å². The lowest BCUT2D eigenvalue weighted by Gasteiger charge is -2.12. The van der Waals surface area contributed by atoms with Gasteiger partial charge >= 0.3 is 0 Å². The maximum Gasteiger partial charge on any atom is 0.223 e. The van der Waals surface area contributed by atoms with Crippen LogP contribution in [-0.4, -0.2) is 28.2 Å². The fourth-order valence-corrected chi connectivity index (χ4v) is 2.46. The van der Waals surface area contributed by atoms with Crippen LogP contribution in [0.4, 0.5) is 5.95 Å². The normalized spacial score (nSPS) is 11.0. The van der Waals surface area contributed by atoms with Gasteiger partial charge in [0.05, 0.1) is 12.6 Å². The number of hydrogen-bond acceptors (Lipinski definition) is 5. The quantitative estimate of drug-likeness (QED) is 0.766. The second-order valence-corrected chi connectivity index (χ2v) is 5.65. The molecule has 0 unspecified atom stereocenters. The van der Waals surface area contributed by atoms with E-state index in [0.29, 0.717) is 11.7 Å². The molecule has 3 aromatic rings. The van der Waals surface area contributed by atoms with E-state index in [-0.39, 0.29) is 11.8 Å². The Bertz CT molecular complexity index is 847. The Hall–Kier alpha value is -2.82. The van der Waals surface area contributed by atoms with Crippen molar-refractivity contribution in [3.05, 3.63) is 42.6 Å². The molecule has 0 saturated heterocycles. The molecule has 0 aliphatic heterocycles. The van der Waals surface area contributed by atoms with Crippen molar-refractivity contribution < 1.29 is 9.84 Å². The lowest BCUT2D eigenvalue weighted by molar-refractivity contribution is 0.417. The van der Waals surface area contributed by atoms with Crippen LogP contribution in [0.15, 0.2) is 42.6 Å². The van der Waals surface area contributed by atoms with Crippen LogP contribution in [0.5, 0.6) is 11.5 Å². The topological polar surface area (TPSA) is 67.3 Å². The molecule has 0 atom stereocenters. The second-order valence-electron chi connectivity index (χ2n) is 5.65. The van der Waals surface area contributed by atoms with Gasteiger partial charge in [-0.25, -0.2) is 9.97 Å². The van der Waals surface area contributed by atoms with Crippen molar-refractivity contribution in [2.75, 3.05) is 12.4 Å². The number of hydrogen-bond donors (Lipinski definition) is 2. The molecule has 0 spiro atoms. The fourth-order valence-electron chi connectivity index (χ4n) is 2.46. The van der Waals surface area contributed by atoms with E-state index in [4.69, 9.17) is 4.74 Å². The number of nitrogens with one attached hydrogen (secondary N) is 1. The smallest absolute Gasteiger partial charge is 0.223 e. The van der Waals surface area contributed by atoms with Crippen LogP contribution in [0.1, 0.15) is 13.8 Å². The van der Waals surface area contributed by atoms with Crippen LogP contribution in [0, 0.1) is 0 Å². The molecule has 0 aliphatic rings. The Morgan fingerprint density at radius 2 is 2.00 bits per heavy atom. The summed E-state index contributed by atoms with van der Waals surface area (Å²) in [6, 6.07) is 11.2. The third-order valence-electron chi connectivity index (χ3n) is 3.48. The molecule has 0 aliphatic carbocycles. The summed E-state index contributed by atoms with van der Waals surface area (Å²) in [6.07, 6.45) is 1.79. The third kappa shape index (κ3) is 3.18. The van der Waals surface area contributed by atoms with Crippen LogP contribution in [-0.2, 0) is 0 Å². The van der Waals surface area contributed by atoms with E-state index in [1.807, 2.05) is 32.0 Å². The number of benzene rings is 2. The summed E-state index contributed by atoms with van der Waals surface area (Å²) >= 11 is 0. The average molecular weight is 309 g/mol. The van der Waals surface area contributed by atoms with Crippen molar-refractivity contribution in [3.63, 3.8) is 0 Å². The molecule has 0 bridgehead atoms. The zero-order chi connectivity index (χ0) is 16.4. The van der Waals surface area contributed by atoms with Gasteiger partial charge in [-0.1, -0.05) is 12.1 Å². The summed E-state index contributed by atoms with van der Waals surface area (Å²) < 4.78 is 5.51. The molecule has 5 nitrogen and oxygen atoms in total. The van der Waals surface area contributed by atoms with E-state index >= 15 is 0 Å². The first-order valence-electron chi connectivity index (χ1n) is 7.47. The molecule has 2 N–H and O–H groups in total. The average Bonchev–Trinajstić information content (AvgIpc) is 2.53. The van der Waals surface area contributed by atoms with E-state index in [1.54, 1.807) is 31.5 Å². The molecule has 0 radical (unpaired) electrons. The summed E-state index contributed by atoms with van der Waals surface area (Å²) in [4.78, 5) is 8.87. The molecule has 118 valence electrons. The maximum absolute atomic E-state index is 9.70. The van der Waals surface area contributed by atoms with Crippen molar-refractivity contribution in [1.82, 2.24) is 9.97 Å². The molecule has 0 saturated carbocycles. The molecule has 23 heavy (non-hydrogen) atoms. The SMILES string of the molecule is COc1cc2nc(NC(C)C)ncc2cc1-c1cccc(O)c1. The number of fused-ring (bicyclic) bond motifs is 1. The first-order valence-corrected chi connectivity index (χ1v) is 7.47.